The van der Waals surface area contributed by atoms with Crippen molar-refractivity contribution in [1.29, 1.82) is 0 Å². The molecule has 0 N–H and O–H groups in total. The molecule has 0 unspecified atom stereocenters. The van der Waals surface area contributed by atoms with Crippen LogP contribution in [0.1, 0.15) is 26.5 Å². The number of rotatable bonds is 5. The van der Waals surface area contributed by atoms with Crippen LogP contribution in [0.2, 0.25) is 5.02 Å². The van der Waals surface area contributed by atoms with Gasteiger partial charge in [-0.05, 0) is 42.5 Å². The topological polar surface area (TPSA) is 85.4 Å². The number of aromatic nitrogens is 2. The summed E-state index contributed by atoms with van der Waals surface area (Å²) in [5, 5.41) is 1.23. The summed E-state index contributed by atoms with van der Waals surface area (Å²) in [4.78, 5) is 44.2. The van der Waals surface area contributed by atoms with E-state index in [-0.39, 0.29) is 29.8 Å². The van der Waals surface area contributed by atoms with Gasteiger partial charge in [-0.15, -0.1) is 0 Å². The number of halogens is 1. The number of carbonyl (C=O) groups is 2. The van der Waals surface area contributed by atoms with E-state index in [0.717, 1.165) is 16.7 Å². The molecule has 3 heterocycles. The molecular weight excluding hydrogens is 438 g/mol. The Morgan fingerprint density at radius 3 is 2.39 bits per heavy atom. The molecule has 0 radical (unpaired) electrons. The predicted molar refractivity (Wildman–Crippen MR) is 116 cm³/mol. The lowest BCUT2D eigenvalue weighted by Gasteiger charge is -2.16. The van der Waals surface area contributed by atoms with Crippen LogP contribution in [0.3, 0.4) is 0 Å². The van der Waals surface area contributed by atoms with E-state index in [1.54, 1.807) is 54.6 Å². The molecule has 0 atom stereocenters. The number of imide groups is 1. The Balaban J connectivity index is 1.52. The van der Waals surface area contributed by atoms with Gasteiger partial charge in [0.2, 0.25) is 0 Å². The van der Waals surface area contributed by atoms with Crippen molar-refractivity contribution in [2.45, 2.75) is 11.7 Å². The molecule has 7 nitrogen and oxygen atoms in total. The SMILES string of the molecule is O=C1c2ccccc2C(=O)N1CSc1nc2cc(Cl)ccc2c(=O)n1Cc1ccco1. The van der Waals surface area contributed by atoms with Crippen LogP contribution >= 0.6 is 23.4 Å². The van der Waals surface area contributed by atoms with Crippen LogP contribution in [0, 0.1) is 0 Å². The highest BCUT2D eigenvalue weighted by atomic mass is 35.5. The zero-order valence-corrected chi connectivity index (χ0v) is 17.5. The molecule has 154 valence electrons. The highest BCUT2D eigenvalue weighted by Crippen LogP contribution is 2.27. The smallest absolute Gasteiger partial charge is 0.262 e. The third-order valence-corrected chi connectivity index (χ3v) is 6.17. The van der Waals surface area contributed by atoms with E-state index >= 15 is 0 Å². The average molecular weight is 452 g/mol. The first kappa shape index (κ1) is 19.6. The minimum atomic E-state index is -0.364. The standard InChI is InChI=1S/C22H14ClN3O4S/c23-13-7-8-17-18(10-13)24-22(25(21(17)29)11-14-4-3-9-30-14)31-12-26-19(27)15-5-1-2-6-16(15)20(26)28/h1-10H,11-12H2. The Morgan fingerprint density at radius 2 is 1.71 bits per heavy atom. The number of hydrogen-bond donors (Lipinski definition) is 0. The fourth-order valence-electron chi connectivity index (χ4n) is 3.46. The lowest BCUT2D eigenvalue weighted by Crippen LogP contribution is -2.30. The van der Waals surface area contributed by atoms with Crippen LogP contribution in [0.5, 0.6) is 0 Å². The van der Waals surface area contributed by atoms with Gasteiger partial charge in [-0.1, -0.05) is 35.5 Å². The lowest BCUT2D eigenvalue weighted by molar-refractivity contribution is 0.0684. The molecule has 31 heavy (non-hydrogen) atoms. The van der Waals surface area contributed by atoms with Crippen molar-refractivity contribution in [3.63, 3.8) is 0 Å². The highest BCUT2D eigenvalue weighted by Gasteiger charge is 2.35. The number of fused-ring (bicyclic) bond motifs is 2. The quantitative estimate of drug-likeness (QED) is 0.258. The molecule has 0 saturated heterocycles. The molecule has 0 fully saturated rings. The second kappa shape index (κ2) is 7.72. The maximum Gasteiger partial charge on any atom is 0.262 e. The number of furan rings is 1. The Hall–Kier alpha value is -3.36. The summed E-state index contributed by atoms with van der Waals surface area (Å²) >= 11 is 7.21. The maximum atomic E-state index is 13.2. The van der Waals surface area contributed by atoms with Crippen molar-refractivity contribution < 1.29 is 14.0 Å². The molecule has 2 amide bonds. The molecule has 9 heteroatoms. The van der Waals surface area contributed by atoms with Crippen LogP contribution in [0.25, 0.3) is 10.9 Å². The first-order valence-electron chi connectivity index (χ1n) is 9.33. The van der Waals surface area contributed by atoms with E-state index in [1.807, 2.05) is 0 Å². The zero-order chi connectivity index (χ0) is 21.5. The second-order valence-electron chi connectivity index (χ2n) is 6.88. The molecule has 5 rings (SSSR count). The molecule has 4 aromatic rings. The summed E-state index contributed by atoms with van der Waals surface area (Å²) in [6, 6.07) is 15.1. The van der Waals surface area contributed by atoms with Crippen LogP contribution in [0.4, 0.5) is 0 Å². The number of thioether (sulfide) groups is 1. The molecule has 2 aromatic heterocycles. The van der Waals surface area contributed by atoms with Gasteiger partial charge >= 0.3 is 0 Å². The number of carbonyl (C=O) groups excluding carboxylic acids is 2. The van der Waals surface area contributed by atoms with Gasteiger partial charge in [-0.2, -0.15) is 0 Å². The monoisotopic (exact) mass is 451 g/mol. The first-order valence-corrected chi connectivity index (χ1v) is 10.7. The number of benzene rings is 2. The summed E-state index contributed by atoms with van der Waals surface area (Å²) in [6.07, 6.45) is 1.53. The van der Waals surface area contributed by atoms with Crippen LogP contribution in [-0.4, -0.2) is 32.1 Å². The Bertz CT molecular complexity index is 1360. The van der Waals surface area contributed by atoms with E-state index in [0.29, 0.717) is 38.0 Å². The summed E-state index contributed by atoms with van der Waals surface area (Å²) in [7, 11) is 0. The number of amides is 2. The predicted octanol–water partition coefficient (Wildman–Crippen LogP) is 4.04. The normalized spacial score (nSPS) is 13.3. The van der Waals surface area contributed by atoms with Gasteiger partial charge in [-0.25, -0.2) is 4.98 Å². The molecule has 2 aromatic carbocycles. The zero-order valence-electron chi connectivity index (χ0n) is 15.9. The third-order valence-electron chi connectivity index (χ3n) is 4.98. The fraction of sp³-hybridized carbons (Fsp3) is 0.0909. The summed E-state index contributed by atoms with van der Waals surface area (Å²) in [5.74, 6) is -0.128. The Labute approximate surface area is 185 Å². The molecular formula is C22H14ClN3O4S. The van der Waals surface area contributed by atoms with E-state index < -0.39 is 0 Å². The van der Waals surface area contributed by atoms with Crippen molar-refractivity contribution in [2.75, 3.05) is 5.88 Å². The van der Waals surface area contributed by atoms with Crippen LogP contribution in [-0.2, 0) is 6.54 Å². The lowest BCUT2D eigenvalue weighted by atomic mass is 10.1. The van der Waals surface area contributed by atoms with Gasteiger partial charge < -0.3 is 4.42 Å². The molecule has 0 bridgehead atoms. The molecule has 1 aliphatic heterocycles. The number of hydrogen-bond acceptors (Lipinski definition) is 6. The van der Waals surface area contributed by atoms with Gasteiger partial charge in [0.15, 0.2) is 5.16 Å². The van der Waals surface area contributed by atoms with Crippen molar-refractivity contribution in [1.82, 2.24) is 14.5 Å². The Kier molecular flexibility index (Phi) is 4.88. The molecule has 0 aliphatic carbocycles. The van der Waals surface area contributed by atoms with Crippen molar-refractivity contribution in [3.05, 3.63) is 93.1 Å². The van der Waals surface area contributed by atoms with Crippen molar-refractivity contribution in [3.8, 4) is 0 Å². The van der Waals surface area contributed by atoms with E-state index in [4.69, 9.17) is 16.0 Å². The van der Waals surface area contributed by atoms with Crippen molar-refractivity contribution >= 4 is 46.1 Å². The fourth-order valence-corrected chi connectivity index (χ4v) is 4.57. The van der Waals surface area contributed by atoms with E-state index in [1.165, 1.54) is 10.8 Å². The second-order valence-corrected chi connectivity index (χ2v) is 8.23. The summed E-state index contributed by atoms with van der Waals surface area (Å²) in [5.41, 5.74) is 0.930. The van der Waals surface area contributed by atoms with Gasteiger partial charge in [-0.3, -0.25) is 23.9 Å². The minimum Gasteiger partial charge on any atom is -0.467 e. The van der Waals surface area contributed by atoms with Gasteiger partial charge in [0, 0.05) is 5.02 Å². The van der Waals surface area contributed by atoms with Gasteiger partial charge in [0.05, 0.1) is 40.7 Å². The van der Waals surface area contributed by atoms with Crippen LogP contribution in [0.15, 0.2) is 75.2 Å². The minimum absolute atomic E-state index is 0.0169. The van der Waals surface area contributed by atoms with E-state index in [9.17, 15) is 14.4 Å². The third kappa shape index (κ3) is 3.43. The molecule has 0 spiro atoms. The number of nitrogens with zero attached hydrogens (tertiary/aromatic N) is 3. The van der Waals surface area contributed by atoms with E-state index in [2.05, 4.69) is 4.98 Å². The van der Waals surface area contributed by atoms with Gasteiger partial charge in [0.25, 0.3) is 17.4 Å². The molecule has 1 aliphatic rings. The largest absolute Gasteiger partial charge is 0.467 e. The first-order chi connectivity index (χ1) is 15.0. The summed E-state index contributed by atoms with van der Waals surface area (Å²) in [6.45, 7) is 0.169. The summed E-state index contributed by atoms with van der Waals surface area (Å²) < 4.78 is 6.87. The van der Waals surface area contributed by atoms with Crippen molar-refractivity contribution in [2.24, 2.45) is 0 Å². The highest BCUT2D eigenvalue weighted by molar-refractivity contribution is 7.99. The van der Waals surface area contributed by atoms with Gasteiger partial charge in [0.1, 0.15) is 5.76 Å². The maximum absolute atomic E-state index is 13.2. The Morgan fingerprint density at radius 1 is 0.968 bits per heavy atom. The molecule has 0 saturated carbocycles. The van der Waals surface area contributed by atoms with Crippen LogP contribution < -0.4 is 5.56 Å². The average Bonchev–Trinajstić information content (AvgIpc) is 3.36.